The lowest BCUT2D eigenvalue weighted by molar-refractivity contribution is 1.44. The molecule has 0 saturated heterocycles. The maximum Gasteiger partial charge on any atom is 0.0568 e. The average molecular weight is 150 g/mol. The smallest absolute Gasteiger partial charge is 0.0568 e. The van der Waals surface area contributed by atoms with Crippen LogP contribution in [0.2, 0.25) is 0 Å². The second kappa shape index (κ2) is 2.37. The molecule has 1 atom stereocenters. The van der Waals surface area contributed by atoms with Gasteiger partial charge in [0.1, 0.15) is 0 Å². The molecule has 0 bridgehead atoms. The van der Waals surface area contributed by atoms with Crippen molar-refractivity contribution in [3.63, 3.8) is 0 Å². The normalized spacial score (nSPS) is 30.6. The highest BCUT2D eigenvalue weighted by Crippen LogP contribution is 2.40. The van der Waals surface area contributed by atoms with Gasteiger partial charge in [0.15, 0.2) is 0 Å². The Morgan fingerprint density at radius 2 is 2.57 bits per heavy atom. The molecule has 0 N–H and O–H groups in total. The second-order valence-corrected chi connectivity index (χ2v) is 4.96. The van der Waals surface area contributed by atoms with Crippen LogP contribution in [0.3, 0.4) is 0 Å². The molecule has 7 heavy (non-hydrogen) atoms. The van der Waals surface area contributed by atoms with Crippen molar-refractivity contribution in [1.29, 1.82) is 0 Å². The highest BCUT2D eigenvalue weighted by Gasteiger charge is 2.09. The summed E-state index contributed by atoms with van der Waals surface area (Å²) in [6, 6.07) is 0. The van der Waals surface area contributed by atoms with Crippen LogP contribution in [0.5, 0.6) is 0 Å². The molecular formula is C4H6S3. The van der Waals surface area contributed by atoms with Crippen LogP contribution in [0, 0.1) is 0 Å². The van der Waals surface area contributed by atoms with Crippen molar-refractivity contribution in [2.24, 2.45) is 0 Å². The summed E-state index contributed by atoms with van der Waals surface area (Å²) < 4.78 is 1.84. The summed E-state index contributed by atoms with van der Waals surface area (Å²) >= 11 is 7.79. The van der Waals surface area contributed by atoms with Gasteiger partial charge >= 0.3 is 0 Å². The van der Waals surface area contributed by atoms with Crippen LogP contribution in [0.4, 0.5) is 0 Å². The number of rotatable bonds is 0. The molecule has 0 fully saturated rings. The molecule has 0 radical (unpaired) electrons. The third-order valence-corrected chi connectivity index (χ3v) is 3.48. The highest BCUT2D eigenvalue weighted by atomic mass is 32.2. The second-order valence-electron chi connectivity index (χ2n) is 1.28. The van der Waals surface area contributed by atoms with Crippen molar-refractivity contribution in [1.82, 2.24) is 0 Å². The summed E-state index contributed by atoms with van der Waals surface area (Å²) in [7, 11) is 0. The lowest BCUT2D eigenvalue weighted by Gasteiger charge is -1.93. The number of hydrogen-bond acceptors (Lipinski definition) is 3. The average Bonchev–Trinajstić information content (AvgIpc) is 1.87. The zero-order valence-corrected chi connectivity index (χ0v) is 6.45. The molecule has 0 saturated carbocycles. The fourth-order valence-electron chi connectivity index (χ4n) is 0.380. The van der Waals surface area contributed by atoms with E-state index >= 15 is 0 Å². The van der Waals surface area contributed by atoms with E-state index in [4.69, 9.17) is 0 Å². The first-order valence-electron chi connectivity index (χ1n) is 2.00. The standard InChI is InChI=1S/C4H6S3/c1-3-6-2-4(5)7-3/h2-3,5H,1H3. The van der Waals surface area contributed by atoms with E-state index in [2.05, 4.69) is 25.0 Å². The van der Waals surface area contributed by atoms with Gasteiger partial charge in [-0.15, -0.1) is 36.2 Å². The summed E-state index contributed by atoms with van der Waals surface area (Å²) in [6.45, 7) is 2.18. The fraction of sp³-hybridized carbons (Fsp3) is 0.500. The van der Waals surface area contributed by atoms with E-state index in [1.807, 2.05) is 23.5 Å². The Balaban J connectivity index is 2.42. The quantitative estimate of drug-likeness (QED) is 0.527. The Labute approximate surface area is 57.5 Å². The predicted molar refractivity (Wildman–Crippen MR) is 41.7 cm³/mol. The third kappa shape index (κ3) is 1.63. The van der Waals surface area contributed by atoms with E-state index in [9.17, 15) is 0 Å². The Hall–Kier alpha value is 0.790. The maximum atomic E-state index is 4.15. The van der Waals surface area contributed by atoms with Crippen molar-refractivity contribution in [3.05, 3.63) is 9.65 Å². The molecule has 0 aromatic heterocycles. The predicted octanol–water partition coefficient (Wildman–Crippen LogP) is 2.54. The molecular weight excluding hydrogens is 144 g/mol. The van der Waals surface area contributed by atoms with Crippen LogP contribution in [-0.2, 0) is 0 Å². The van der Waals surface area contributed by atoms with Gasteiger partial charge in [0.25, 0.3) is 0 Å². The van der Waals surface area contributed by atoms with Gasteiger partial charge in [-0.1, -0.05) is 0 Å². The number of thioether (sulfide) groups is 2. The van der Waals surface area contributed by atoms with Crippen LogP contribution < -0.4 is 0 Å². The van der Waals surface area contributed by atoms with Gasteiger partial charge in [-0.2, -0.15) is 0 Å². The van der Waals surface area contributed by atoms with E-state index in [1.165, 1.54) is 0 Å². The van der Waals surface area contributed by atoms with Gasteiger partial charge in [0, 0.05) is 4.24 Å². The van der Waals surface area contributed by atoms with Crippen molar-refractivity contribution in [3.8, 4) is 0 Å². The van der Waals surface area contributed by atoms with E-state index in [-0.39, 0.29) is 0 Å². The number of thiol groups is 1. The lowest BCUT2D eigenvalue weighted by atomic mass is 11.0. The van der Waals surface area contributed by atoms with Crippen molar-refractivity contribution < 1.29 is 0 Å². The summed E-state index contributed by atoms with van der Waals surface area (Å²) in [5.74, 6) is 0. The molecule has 3 heteroatoms. The van der Waals surface area contributed by atoms with Crippen molar-refractivity contribution in [2.45, 2.75) is 11.5 Å². The van der Waals surface area contributed by atoms with Crippen LogP contribution in [-0.4, -0.2) is 4.58 Å². The Bertz CT molecular complexity index is 97.1. The molecule has 1 aliphatic rings. The van der Waals surface area contributed by atoms with Gasteiger partial charge in [-0.25, -0.2) is 0 Å². The van der Waals surface area contributed by atoms with Crippen LogP contribution in [0.15, 0.2) is 9.65 Å². The molecule has 0 aliphatic carbocycles. The molecule has 0 nitrogen and oxygen atoms in total. The van der Waals surface area contributed by atoms with Gasteiger partial charge in [0.2, 0.25) is 0 Å². The largest absolute Gasteiger partial charge is 0.136 e. The topological polar surface area (TPSA) is 0 Å². The fourth-order valence-corrected chi connectivity index (χ4v) is 2.99. The monoisotopic (exact) mass is 150 g/mol. The van der Waals surface area contributed by atoms with Crippen molar-refractivity contribution in [2.75, 3.05) is 0 Å². The Morgan fingerprint density at radius 3 is 2.71 bits per heavy atom. The summed E-state index contributed by atoms with van der Waals surface area (Å²) in [6.07, 6.45) is 0. The molecule has 40 valence electrons. The summed E-state index contributed by atoms with van der Waals surface area (Å²) in [4.78, 5) is 0. The SMILES string of the molecule is CC1SC=C(S)S1. The highest BCUT2D eigenvalue weighted by molar-refractivity contribution is 8.28. The Kier molecular flexibility index (Phi) is 2.01. The number of hydrogen-bond donors (Lipinski definition) is 1. The molecule has 0 aromatic rings. The zero-order chi connectivity index (χ0) is 5.28. The first kappa shape index (κ1) is 5.92. The van der Waals surface area contributed by atoms with Crippen molar-refractivity contribution >= 4 is 36.2 Å². The molecule has 1 rings (SSSR count). The lowest BCUT2D eigenvalue weighted by Crippen LogP contribution is -1.75. The van der Waals surface area contributed by atoms with Gasteiger partial charge in [-0.3, -0.25) is 0 Å². The molecule has 1 aliphatic heterocycles. The summed E-state index contributed by atoms with van der Waals surface area (Å²) in [5.41, 5.74) is 0. The molecule has 0 aromatic carbocycles. The van der Waals surface area contributed by atoms with Crippen LogP contribution >= 0.6 is 36.2 Å². The van der Waals surface area contributed by atoms with E-state index in [0.29, 0.717) is 4.58 Å². The van der Waals surface area contributed by atoms with Crippen LogP contribution in [0.25, 0.3) is 0 Å². The minimum atomic E-state index is 0.687. The van der Waals surface area contributed by atoms with E-state index in [1.54, 1.807) is 0 Å². The molecule has 0 amide bonds. The third-order valence-electron chi connectivity index (χ3n) is 0.647. The molecule has 0 spiro atoms. The zero-order valence-electron chi connectivity index (χ0n) is 3.92. The van der Waals surface area contributed by atoms with E-state index < -0.39 is 0 Å². The first-order valence-corrected chi connectivity index (χ1v) is 4.27. The summed E-state index contributed by atoms with van der Waals surface area (Å²) in [5, 5.41) is 2.08. The van der Waals surface area contributed by atoms with Gasteiger partial charge in [-0.05, 0) is 12.3 Å². The van der Waals surface area contributed by atoms with Crippen LogP contribution in [0.1, 0.15) is 6.92 Å². The molecule has 1 heterocycles. The first-order chi connectivity index (χ1) is 3.29. The molecule has 1 unspecified atom stereocenters. The Morgan fingerprint density at radius 1 is 1.86 bits per heavy atom. The van der Waals surface area contributed by atoms with E-state index in [0.717, 1.165) is 4.24 Å². The van der Waals surface area contributed by atoms with Gasteiger partial charge in [0.05, 0.1) is 4.58 Å². The van der Waals surface area contributed by atoms with Gasteiger partial charge < -0.3 is 0 Å². The minimum Gasteiger partial charge on any atom is -0.136 e. The minimum absolute atomic E-state index is 0.687. The maximum absolute atomic E-state index is 4.15.